The zero-order valence-electron chi connectivity index (χ0n) is 11.8. The number of hydrogen-bond acceptors (Lipinski definition) is 4. The average molecular weight is 312 g/mol. The number of nitrogens with zero attached hydrogens (tertiary/aromatic N) is 2. The highest BCUT2D eigenvalue weighted by atomic mass is 19.4. The van der Waals surface area contributed by atoms with E-state index < -0.39 is 17.5 Å². The van der Waals surface area contributed by atoms with E-state index in [0.717, 1.165) is 18.9 Å². The lowest BCUT2D eigenvalue weighted by atomic mass is 10.0. The molecule has 0 aliphatic carbocycles. The summed E-state index contributed by atoms with van der Waals surface area (Å²) in [6, 6.07) is 5.39. The van der Waals surface area contributed by atoms with Crippen LogP contribution in [-0.2, 0) is 15.7 Å². The van der Waals surface area contributed by atoms with E-state index in [1.807, 2.05) is 4.90 Å². The Kier molecular flexibility index (Phi) is 3.75. The summed E-state index contributed by atoms with van der Waals surface area (Å²) in [6.45, 7) is 2.05. The Hall–Kier alpha value is -1.78. The van der Waals surface area contributed by atoms with Crippen LogP contribution in [0.5, 0.6) is 0 Å². The summed E-state index contributed by atoms with van der Waals surface area (Å²) in [5.41, 5.74) is -0.832. The molecule has 1 aromatic carbocycles. The number of halogens is 3. The third-order valence-electron chi connectivity index (χ3n) is 4.03. The van der Waals surface area contributed by atoms with Gasteiger partial charge in [0.1, 0.15) is 0 Å². The van der Waals surface area contributed by atoms with Gasteiger partial charge in [0, 0.05) is 18.7 Å². The molecule has 0 radical (unpaired) electrons. The van der Waals surface area contributed by atoms with E-state index in [1.165, 1.54) is 6.07 Å². The molecule has 3 rings (SSSR count). The zero-order valence-corrected chi connectivity index (χ0v) is 11.8. The van der Waals surface area contributed by atoms with E-state index in [9.17, 15) is 13.2 Å². The van der Waals surface area contributed by atoms with E-state index in [-0.39, 0.29) is 5.56 Å². The summed E-state index contributed by atoms with van der Waals surface area (Å²) in [4.78, 5) is 1.82. The van der Waals surface area contributed by atoms with Crippen molar-refractivity contribution >= 4 is 5.69 Å². The first kappa shape index (κ1) is 15.1. The lowest BCUT2D eigenvalue weighted by Crippen LogP contribution is -2.49. The van der Waals surface area contributed by atoms with Gasteiger partial charge >= 0.3 is 6.18 Å². The molecule has 22 heavy (non-hydrogen) atoms. The minimum absolute atomic E-state index is 0.365. The second-order valence-electron chi connectivity index (χ2n) is 5.47. The highest BCUT2D eigenvalue weighted by Gasteiger charge is 2.41. The van der Waals surface area contributed by atoms with Crippen molar-refractivity contribution < 1.29 is 22.6 Å². The molecule has 2 aliphatic rings. The molecule has 118 valence electrons. The third-order valence-corrected chi connectivity index (χ3v) is 4.03. The molecule has 2 saturated heterocycles. The summed E-state index contributed by atoms with van der Waals surface area (Å²) in [5.74, 6) is -0.704. The van der Waals surface area contributed by atoms with Crippen LogP contribution in [0.1, 0.15) is 24.0 Å². The maximum atomic E-state index is 13.1. The molecule has 2 fully saturated rings. The Labute approximate surface area is 126 Å². The quantitative estimate of drug-likeness (QED) is 0.800. The van der Waals surface area contributed by atoms with Crippen LogP contribution in [0.2, 0.25) is 0 Å². The number of benzene rings is 1. The standard InChI is InChI=1S/C15H15F3N2O2/c16-15(17,18)13-8-12(3-2-11(13)9-19)20-5-1-4-14(10-20)21-6-7-22-14/h2-3,8H,1,4-7,10H2. The van der Waals surface area contributed by atoms with Crippen LogP contribution in [0, 0.1) is 11.3 Å². The molecule has 0 N–H and O–H groups in total. The Morgan fingerprint density at radius 1 is 1.23 bits per heavy atom. The molecule has 0 amide bonds. The molecule has 0 atom stereocenters. The summed E-state index contributed by atoms with van der Waals surface area (Å²) < 4.78 is 50.4. The van der Waals surface area contributed by atoms with Gasteiger partial charge in [0.05, 0.1) is 37.0 Å². The normalized spacial score (nSPS) is 21.1. The molecule has 4 nitrogen and oxygen atoms in total. The second kappa shape index (κ2) is 5.45. The van der Waals surface area contributed by atoms with Crippen LogP contribution < -0.4 is 4.90 Å². The van der Waals surface area contributed by atoms with Gasteiger partial charge in [-0.25, -0.2) is 0 Å². The van der Waals surface area contributed by atoms with Gasteiger partial charge in [-0.1, -0.05) is 0 Å². The van der Waals surface area contributed by atoms with Crippen LogP contribution in [0.25, 0.3) is 0 Å². The van der Waals surface area contributed by atoms with Crippen molar-refractivity contribution in [2.45, 2.75) is 24.8 Å². The van der Waals surface area contributed by atoms with Gasteiger partial charge in [-0.3, -0.25) is 0 Å². The van der Waals surface area contributed by atoms with Crippen LogP contribution >= 0.6 is 0 Å². The number of anilines is 1. The van der Waals surface area contributed by atoms with Gasteiger partial charge in [-0.05, 0) is 24.6 Å². The molecule has 2 heterocycles. The Morgan fingerprint density at radius 3 is 2.59 bits per heavy atom. The summed E-state index contributed by atoms with van der Waals surface area (Å²) in [6.07, 6.45) is -3.03. The van der Waals surface area contributed by atoms with Crippen molar-refractivity contribution in [3.05, 3.63) is 29.3 Å². The Balaban J connectivity index is 1.90. The molecule has 1 spiro atoms. The van der Waals surface area contributed by atoms with Crippen molar-refractivity contribution in [3.63, 3.8) is 0 Å². The fourth-order valence-corrected chi connectivity index (χ4v) is 3.00. The maximum Gasteiger partial charge on any atom is 0.417 e. The molecule has 1 aromatic rings. The van der Waals surface area contributed by atoms with Gasteiger partial charge in [-0.15, -0.1) is 0 Å². The second-order valence-corrected chi connectivity index (χ2v) is 5.47. The Bertz CT molecular complexity index is 604. The molecule has 0 aromatic heterocycles. The van der Waals surface area contributed by atoms with Crippen molar-refractivity contribution in [2.75, 3.05) is 31.2 Å². The highest BCUT2D eigenvalue weighted by Crippen LogP contribution is 2.37. The first-order valence-electron chi connectivity index (χ1n) is 7.08. The fourth-order valence-electron chi connectivity index (χ4n) is 3.00. The maximum absolute atomic E-state index is 13.1. The van der Waals surface area contributed by atoms with Crippen LogP contribution in [-0.4, -0.2) is 32.1 Å². The summed E-state index contributed by atoms with van der Waals surface area (Å²) in [7, 11) is 0. The van der Waals surface area contributed by atoms with E-state index in [2.05, 4.69) is 0 Å². The van der Waals surface area contributed by atoms with Gasteiger partial charge < -0.3 is 14.4 Å². The van der Waals surface area contributed by atoms with Crippen LogP contribution in [0.4, 0.5) is 18.9 Å². The van der Waals surface area contributed by atoms with E-state index in [0.29, 0.717) is 32.0 Å². The number of alkyl halides is 3. The predicted octanol–water partition coefficient (Wildman–Crippen LogP) is 2.92. The molecule has 0 saturated carbocycles. The highest BCUT2D eigenvalue weighted by molar-refractivity contribution is 5.55. The van der Waals surface area contributed by atoms with Crippen molar-refractivity contribution in [3.8, 4) is 6.07 Å². The number of rotatable bonds is 1. The van der Waals surface area contributed by atoms with Crippen molar-refractivity contribution in [1.82, 2.24) is 0 Å². The summed E-state index contributed by atoms with van der Waals surface area (Å²) >= 11 is 0. The lowest BCUT2D eigenvalue weighted by Gasteiger charge is -2.40. The van der Waals surface area contributed by atoms with Crippen LogP contribution in [0.3, 0.4) is 0 Å². The summed E-state index contributed by atoms with van der Waals surface area (Å²) in [5, 5.41) is 8.85. The van der Waals surface area contributed by atoms with E-state index in [1.54, 1.807) is 12.1 Å². The van der Waals surface area contributed by atoms with Gasteiger partial charge in [0.15, 0.2) is 5.79 Å². The number of hydrogen-bond donors (Lipinski definition) is 0. The molecule has 7 heteroatoms. The van der Waals surface area contributed by atoms with Gasteiger partial charge in [-0.2, -0.15) is 18.4 Å². The topological polar surface area (TPSA) is 45.5 Å². The fraction of sp³-hybridized carbons (Fsp3) is 0.533. The largest absolute Gasteiger partial charge is 0.417 e. The van der Waals surface area contributed by atoms with Crippen molar-refractivity contribution in [1.29, 1.82) is 5.26 Å². The molecule has 0 bridgehead atoms. The van der Waals surface area contributed by atoms with Gasteiger partial charge in [0.2, 0.25) is 0 Å². The van der Waals surface area contributed by atoms with E-state index >= 15 is 0 Å². The molecule has 0 unspecified atom stereocenters. The smallest absolute Gasteiger partial charge is 0.366 e. The first-order chi connectivity index (χ1) is 10.4. The van der Waals surface area contributed by atoms with E-state index in [4.69, 9.17) is 14.7 Å². The average Bonchev–Trinajstić information content (AvgIpc) is 2.93. The first-order valence-corrected chi connectivity index (χ1v) is 7.08. The number of ether oxygens (including phenoxy) is 2. The monoisotopic (exact) mass is 312 g/mol. The number of nitriles is 1. The van der Waals surface area contributed by atoms with Gasteiger partial charge in [0.25, 0.3) is 0 Å². The van der Waals surface area contributed by atoms with Crippen LogP contribution in [0.15, 0.2) is 18.2 Å². The molecular weight excluding hydrogens is 297 g/mol. The van der Waals surface area contributed by atoms with Crippen molar-refractivity contribution in [2.24, 2.45) is 0 Å². The minimum Gasteiger partial charge on any atom is -0.366 e. The lowest BCUT2D eigenvalue weighted by molar-refractivity contribution is -0.161. The molecular formula is C15H15F3N2O2. The predicted molar refractivity (Wildman–Crippen MR) is 72.2 cm³/mol. The Morgan fingerprint density at radius 2 is 1.95 bits per heavy atom. The molecule has 2 aliphatic heterocycles. The zero-order chi connectivity index (χ0) is 15.8. The third kappa shape index (κ3) is 2.76. The minimum atomic E-state index is -4.55. The number of piperidine rings is 1. The SMILES string of the molecule is N#Cc1ccc(N2CCCC3(C2)OCCO3)cc1C(F)(F)F.